The van der Waals surface area contributed by atoms with Crippen LogP contribution in [0.4, 0.5) is 10.2 Å². The molecule has 1 amide bonds. The van der Waals surface area contributed by atoms with Crippen molar-refractivity contribution in [1.29, 1.82) is 0 Å². The molecule has 0 aliphatic rings. The Bertz CT molecular complexity index is 1020. The van der Waals surface area contributed by atoms with Crippen molar-refractivity contribution in [3.8, 4) is 0 Å². The fourth-order valence-electron chi connectivity index (χ4n) is 2.28. The number of anilines is 1. The van der Waals surface area contributed by atoms with Crippen LogP contribution >= 0.6 is 11.6 Å². The van der Waals surface area contributed by atoms with Crippen LogP contribution in [0.15, 0.2) is 53.1 Å². The average Bonchev–Trinajstić information content (AvgIpc) is 3.26. The number of hydrogen-bond donors (Lipinski definition) is 1. The summed E-state index contributed by atoms with van der Waals surface area (Å²) in [7, 11) is 0. The Morgan fingerprint density at radius 2 is 2.11 bits per heavy atom. The Balaban J connectivity index is 1.59. The fourth-order valence-corrected chi connectivity index (χ4v) is 2.47. The van der Waals surface area contributed by atoms with Gasteiger partial charge < -0.3 is 9.73 Å². The van der Waals surface area contributed by atoms with Gasteiger partial charge in [-0.3, -0.25) is 14.3 Å². The minimum atomic E-state index is -0.518. The summed E-state index contributed by atoms with van der Waals surface area (Å²) < 4.78 is 20.1. The zero-order chi connectivity index (χ0) is 19.4. The Labute approximate surface area is 159 Å². The number of amides is 1. The minimum absolute atomic E-state index is 0.0119. The van der Waals surface area contributed by atoms with Gasteiger partial charge in [-0.05, 0) is 35.9 Å². The summed E-state index contributed by atoms with van der Waals surface area (Å²) in [5.41, 5.74) is 0.598. The first-order chi connectivity index (χ1) is 12.9. The number of carbonyl (C=O) groups is 2. The van der Waals surface area contributed by atoms with Gasteiger partial charge in [0.05, 0.1) is 11.6 Å². The van der Waals surface area contributed by atoms with Crippen molar-refractivity contribution in [3.63, 3.8) is 0 Å². The Morgan fingerprint density at radius 1 is 1.30 bits per heavy atom. The SMILES string of the molecule is CC(=O)c1ccc(Cn2ccc(NC(=O)C=Cc3ccc(F)c(Cl)c3)n2)o1. The number of rotatable bonds is 6. The summed E-state index contributed by atoms with van der Waals surface area (Å²) in [4.78, 5) is 23.2. The summed E-state index contributed by atoms with van der Waals surface area (Å²) in [6, 6.07) is 9.11. The van der Waals surface area contributed by atoms with E-state index in [-0.39, 0.29) is 16.6 Å². The summed E-state index contributed by atoms with van der Waals surface area (Å²) >= 11 is 5.70. The number of Topliss-reactive ketones (excluding diaryl/α,β-unsaturated/α-hetero) is 1. The van der Waals surface area contributed by atoms with Gasteiger partial charge in [-0.25, -0.2) is 4.39 Å². The normalized spacial score (nSPS) is 11.1. The standard InChI is InChI=1S/C19H15ClFN3O3/c1-12(25)17-6-4-14(27-17)11-24-9-8-18(23-24)22-19(26)7-3-13-2-5-16(21)15(20)10-13/h2-10H,11H2,1H3,(H,22,23,26). The van der Waals surface area contributed by atoms with Gasteiger partial charge in [-0.1, -0.05) is 17.7 Å². The zero-order valence-electron chi connectivity index (χ0n) is 14.3. The molecule has 2 heterocycles. The highest BCUT2D eigenvalue weighted by molar-refractivity contribution is 6.30. The second-order valence-electron chi connectivity index (χ2n) is 5.72. The maximum Gasteiger partial charge on any atom is 0.249 e. The van der Waals surface area contributed by atoms with Gasteiger partial charge in [-0.2, -0.15) is 5.10 Å². The van der Waals surface area contributed by atoms with E-state index in [1.807, 2.05) is 0 Å². The van der Waals surface area contributed by atoms with E-state index in [1.165, 1.54) is 37.3 Å². The van der Waals surface area contributed by atoms with E-state index < -0.39 is 11.7 Å². The molecule has 0 saturated carbocycles. The van der Waals surface area contributed by atoms with Crippen LogP contribution in [0.1, 0.15) is 28.8 Å². The molecule has 1 N–H and O–H groups in total. The molecule has 0 unspecified atom stereocenters. The maximum absolute atomic E-state index is 13.1. The first kappa shape index (κ1) is 18.6. The van der Waals surface area contributed by atoms with Crippen molar-refractivity contribution in [1.82, 2.24) is 9.78 Å². The van der Waals surface area contributed by atoms with E-state index in [4.69, 9.17) is 16.0 Å². The second-order valence-corrected chi connectivity index (χ2v) is 6.12. The number of benzene rings is 1. The third kappa shape index (κ3) is 4.92. The molecule has 3 rings (SSSR count). The lowest BCUT2D eigenvalue weighted by Crippen LogP contribution is -2.09. The van der Waals surface area contributed by atoms with Crippen molar-refractivity contribution >= 4 is 35.2 Å². The zero-order valence-corrected chi connectivity index (χ0v) is 15.0. The molecule has 0 aliphatic carbocycles. The van der Waals surface area contributed by atoms with E-state index in [2.05, 4.69) is 10.4 Å². The van der Waals surface area contributed by atoms with E-state index in [0.717, 1.165) is 0 Å². The maximum atomic E-state index is 13.1. The van der Waals surface area contributed by atoms with Gasteiger partial charge >= 0.3 is 0 Å². The predicted molar refractivity (Wildman–Crippen MR) is 99.1 cm³/mol. The molecule has 0 fully saturated rings. The number of nitrogens with one attached hydrogen (secondary N) is 1. The molecular weight excluding hydrogens is 373 g/mol. The van der Waals surface area contributed by atoms with Crippen LogP contribution in [0.25, 0.3) is 6.08 Å². The van der Waals surface area contributed by atoms with Gasteiger partial charge in [0.15, 0.2) is 17.4 Å². The number of aromatic nitrogens is 2. The van der Waals surface area contributed by atoms with Crippen molar-refractivity contribution in [2.75, 3.05) is 5.32 Å². The smallest absolute Gasteiger partial charge is 0.249 e. The highest BCUT2D eigenvalue weighted by Crippen LogP contribution is 2.17. The van der Waals surface area contributed by atoms with Crippen molar-refractivity contribution in [2.45, 2.75) is 13.5 Å². The highest BCUT2D eigenvalue weighted by Gasteiger charge is 2.08. The topological polar surface area (TPSA) is 77.1 Å². The first-order valence-electron chi connectivity index (χ1n) is 7.98. The highest BCUT2D eigenvalue weighted by atomic mass is 35.5. The van der Waals surface area contributed by atoms with Crippen LogP contribution in [0.5, 0.6) is 0 Å². The van der Waals surface area contributed by atoms with Gasteiger partial charge in [0.25, 0.3) is 0 Å². The average molecular weight is 388 g/mol. The summed E-state index contributed by atoms with van der Waals surface area (Å²) in [6.07, 6.45) is 4.49. The molecule has 2 aromatic heterocycles. The van der Waals surface area contributed by atoms with Gasteiger partial charge in [0.1, 0.15) is 11.6 Å². The van der Waals surface area contributed by atoms with Crippen molar-refractivity contribution < 1.29 is 18.4 Å². The van der Waals surface area contributed by atoms with Crippen molar-refractivity contribution in [2.24, 2.45) is 0 Å². The molecular formula is C19H15ClFN3O3. The molecule has 0 saturated heterocycles. The van der Waals surface area contributed by atoms with E-state index in [9.17, 15) is 14.0 Å². The van der Waals surface area contributed by atoms with Crippen LogP contribution in [-0.4, -0.2) is 21.5 Å². The largest absolute Gasteiger partial charge is 0.456 e. The lowest BCUT2D eigenvalue weighted by molar-refractivity contribution is -0.111. The number of ketones is 1. The summed E-state index contributed by atoms with van der Waals surface area (Å²) in [6.45, 7) is 1.75. The van der Waals surface area contributed by atoms with Crippen molar-refractivity contribution in [3.05, 3.63) is 76.6 Å². The van der Waals surface area contributed by atoms with Crippen LogP contribution in [-0.2, 0) is 11.3 Å². The first-order valence-corrected chi connectivity index (χ1v) is 8.36. The van der Waals surface area contributed by atoms with Crippen LogP contribution in [0, 0.1) is 5.82 Å². The second kappa shape index (κ2) is 8.01. The summed E-state index contributed by atoms with van der Waals surface area (Å²) in [5.74, 6) is 0.170. The molecule has 138 valence electrons. The Hall–Kier alpha value is -3.19. The predicted octanol–water partition coefficient (Wildman–Crippen LogP) is 4.17. The molecule has 0 aliphatic heterocycles. The number of hydrogen-bond acceptors (Lipinski definition) is 4. The van der Waals surface area contributed by atoms with E-state index >= 15 is 0 Å². The molecule has 3 aromatic rings. The van der Waals surface area contributed by atoms with E-state index in [1.54, 1.807) is 29.1 Å². The molecule has 0 bridgehead atoms. The summed E-state index contributed by atoms with van der Waals surface area (Å²) in [5, 5.41) is 6.82. The molecule has 1 aromatic carbocycles. The Kier molecular flexibility index (Phi) is 5.52. The number of nitrogens with zero attached hydrogens (tertiary/aromatic N) is 2. The molecule has 0 atom stereocenters. The van der Waals surface area contributed by atoms with Gasteiger partial charge in [0.2, 0.25) is 5.91 Å². The third-order valence-corrected chi connectivity index (χ3v) is 3.88. The molecule has 0 radical (unpaired) electrons. The van der Waals surface area contributed by atoms with Gasteiger partial charge in [0, 0.05) is 25.3 Å². The molecule has 6 nitrogen and oxygen atoms in total. The third-order valence-electron chi connectivity index (χ3n) is 3.59. The van der Waals surface area contributed by atoms with E-state index in [0.29, 0.717) is 23.7 Å². The van der Waals surface area contributed by atoms with Crippen LogP contribution in [0.3, 0.4) is 0 Å². The molecule has 0 spiro atoms. The number of furan rings is 1. The number of halogens is 2. The monoisotopic (exact) mass is 387 g/mol. The molecule has 8 heteroatoms. The van der Waals surface area contributed by atoms with Crippen LogP contribution in [0.2, 0.25) is 5.02 Å². The lowest BCUT2D eigenvalue weighted by Gasteiger charge is -1.99. The minimum Gasteiger partial charge on any atom is -0.456 e. The Morgan fingerprint density at radius 3 is 2.81 bits per heavy atom. The van der Waals surface area contributed by atoms with Gasteiger partial charge in [-0.15, -0.1) is 0 Å². The van der Waals surface area contributed by atoms with Crippen LogP contribution < -0.4 is 5.32 Å². The number of carbonyl (C=O) groups excluding carboxylic acids is 2. The fraction of sp³-hybridized carbons (Fsp3) is 0.105. The quantitative estimate of drug-likeness (QED) is 0.508. The molecule has 27 heavy (non-hydrogen) atoms. The lowest BCUT2D eigenvalue weighted by atomic mass is 10.2.